The van der Waals surface area contributed by atoms with Crippen LogP contribution < -0.4 is 11.2 Å². The van der Waals surface area contributed by atoms with Gasteiger partial charge >= 0.3 is 5.63 Å². The van der Waals surface area contributed by atoms with Gasteiger partial charge in [-0.3, -0.25) is 9.59 Å². The highest BCUT2D eigenvalue weighted by Crippen LogP contribution is 2.36. The molecule has 2 bridgehead atoms. The van der Waals surface area contributed by atoms with Crippen LogP contribution in [0, 0.1) is 12.8 Å². The normalized spacial score (nSPS) is 20.0. The SMILES string of the molecule is Cc1c(CC(=O)N2C[C@@H]3C[C@H](C2)c2cccc(=O)n2C3)c(=O)oc2c(O)c(O)ccc12. The summed E-state index contributed by atoms with van der Waals surface area (Å²) < 4.78 is 7.04. The van der Waals surface area contributed by atoms with Crippen molar-refractivity contribution in [3.8, 4) is 11.5 Å². The lowest BCUT2D eigenvalue weighted by Crippen LogP contribution is -2.49. The lowest BCUT2D eigenvalue weighted by molar-refractivity contribution is -0.133. The maximum Gasteiger partial charge on any atom is 0.340 e. The number of aromatic hydroxyl groups is 2. The maximum absolute atomic E-state index is 13.1. The van der Waals surface area contributed by atoms with E-state index in [0.29, 0.717) is 30.6 Å². The minimum absolute atomic E-state index is 0.00865. The molecule has 1 aromatic carbocycles. The standard InChI is InChI=1S/C23H22N2O6/c1-12-15-5-6-18(26)21(29)22(15)31-23(30)16(12)8-20(28)24-9-13-7-14(11-24)17-3-2-4-19(27)25(17)10-13/h2-6,13-14,26,29H,7-11H2,1H3/t13-,14+/m0/s1. The first kappa shape index (κ1) is 19.4. The second-order valence-electron chi connectivity index (χ2n) is 8.48. The highest BCUT2D eigenvalue weighted by Gasteiger charge is 2.36. The molecule has 2 aliphatic rings. The molecule has 1 fully saturated rings. The third-order valence-electron chi connectivity index (χ3n) is 6.57. The highest BCUT2D eigenvalue weighted by molar-refractivity contribution is 5.89. The Balaban J connectivity index is 1.44. The number of rotatable bonds is 2. The van der Waals surface area contributed by atoms with Crippen molar-refractivity contribution in [2.75, 3.05) is 13.1 Å². The van der Waals surface area contributed by atoms with E-state index in [2.05, 4.69) is 0 Å². The van der Waals surface area contributed by atoms with Gasteiger partial charge in [-0.2, -0.15) is 0 Å². The number of nitrogens with zero attached hydrogens (tertiary/aromatic N) is 2. The van der Waals surface area contributed by atoms with Gasteiger partial charge in [0.1, 0.15) is 0 Å². The number of hydrogen-bond acceptors (Lipinski definition) is 6. The zero-order valence-electron chi connectivity index (χ0n) is 17.0. The Morgan fingerprint density at radius 2 is 1.94 bits per heavy atom. The number of fused-ring (bicyclic) bond motifs is 5. The monoisotopic (exact) mass is 422 g/mol. The average molecular weight is 422 g/mol. The van der Waals surface area contributed by atoms with Gasteiger partial charge in [-0.1, -0.05) is 6.07 Å². The second-order valence-corrected chi connectivity index (χ2v) is 8.48. The summed E-state index contributed by atoms with van der Waals surface area (Å²) in [6.07, 6.45) is 0.833. The van der Waals surface area contributed by atoms with Crippen molar-refractivity contribution in [3.63, 3.8) is 0 Å². The van der Waals surface area contributed by atoms with E-state index in [1.807, 2.05) is 10.6 Å². The van der Waals surface area contributed by atoms with Crippen molar-refractivity contribution in [3.05, 3.63) is 67.9 Å². The van der Waals surface area contributed by atoms with Crippen LogP contribution in [0.4, 0.5) is 0 Å². The van der Waals surface area contributed by atoms with Crippen molar-refractivity contribution in [1.29, 1.82) is 0 Å². The van der Waals surface area contributed by atoms with Gasteiger partial charge in [0, 0.05) is 42.7 Å². The number of phenolic OH excluding ortho intramolecular Hbond substituents is 2. The first-order chi connectivity index (χ1) is 14.8. The quantitative estimate of drug-likeness (QED) is 0.482. The fourth-order valence-electron chi connectivity index (χ4n) is 5.00. The van der Waals surface area contributed by atoms with Crippen LogP contribution >= 0.6 is 0 Å². The number of aromatic nitrogens is 1. The Morgan fingerprint density at radius 1 is 1.13 bits per heavy atom. The molecular weight excluding hydrogens is 400 g/mol. The van der Waals surface area contributed by atoms with E-state index < -0.39 is 11.4 Å². The average Bonchev–Trinajstić information content (AvgIpc) is 2.74. The first-order valence-electron chi connectivity index (χ1n) is 10.3. The van der Waals surface area contributed by atoms with Crippen LogP contribution in [0.3, 0.4) is 0 Å². The predicted octanol–water partition coefficient (Wildman–Crippen LogP) is 1.86. The fourth-order valence-corrected chi connectivity index (χ4v) is 5.00. The van der Waals surface area contributed by atoms with Gasteiger partial charge in [0.05, 0.1) is 12.0 Å². The number of likely N-dealkylation sites (tertiary alicyclic amines) is 1. The molecule has 5 rings (SSSR count). The van der Waals surface area contributed by atoms with E-state index in [0.717, 1.165) is 12.1 Å². The Hall–Kier alpha value is -3.55. The number of carbonyl (C=O) groups excluding carboxylic acids is 1. The minimum atomic E-state index is -0.701. The molecule has 8 nitrogen and oxygen atoms in total. The molecule has 0 unspecified atom stereocenters. The largest absolute Gasteiger partial charge is 0.504 e. The van der Waals surface area contributed by atoms with E-state index in [-0.39, 0.29) is 46.6 Å². The van der Waals surface area contributed by atoms with Crippen LogP contribution in [0.25, 0.3) is 11.0 Å². The zero-order chi connectivity index (χ0) is 21.9. The van der Waals surface area contributed by atoms with Crippen LogP contribution in [-0.2, 0) is 17.8 Å². The van der Waals surface area contributed by atoms with Crippen LogP contribution in [0.5, 0.6) is 11.5 Å². The maximum atomic E-state index is 13.1. The molecule has 0 radical (unpaired) electrons. The summed E-state index contributed by atoms with van der Waals surface area (Å²) in [7, 11) is 0. The third kappa shape index (κ3) is 3.10. The van der Waals surface area contributed by atoms with Gasteiger partial charge < -0.3 is 24.1 Å². The molecule has 1 saturated heterocycles. The van der Waals surface area contributed by atoms with Crippen LogP contribution in [-0.4, -0.2) is 38.7 Å². The van der Waals surface area contributed by atoms with E-state index in [1.165, 1.54) is 6.07 Å². The topological polar surface area (TPSA) is 113 Å². The number of pyridine rings is 1. The second kappa shape index (κ2) is 7.01. The van der Waals surface area contributed by atoms with Crippen LogP contribution in [0.15, 0.2) is 44.3 Å². The molecule has 0 spiro atoms. The van der Waals surface area contributed by atoms with E-state index in [1.54, 1.807) is 30.0 Å². The van der Waals surface area contributed by atoms with Crippen molar-refractivity contribution in [2.24, 2.45) is 5.92 Å². The number of piperidine rings is 1. The van der Waals surface area contributed by atoms with Crippen LogP contribution in [0.1, 0.15) is 29.2 Å². The number of amides is 1. The van der Waals surface area contributed by atoms with E-state index >= 15 is 0 Å². The van der Waals surface area contributed by atoms with Gasteiger partial charge in [-0.25, -0.2) is 4.79 Å². The first-order valence-corrected chi connectivity index (χ1v) is 10.3. The number of carbonyl (C=O) groups is 1. The summed E-state index contributed by atoms with van der Waals surface area (Å²) in [5, 5.41) is 20.1. The molecule has 8 heteroatoms. The van der Waals surface area contributed by atoms with Gasteiger partial charge in [0.15, 0.2) is 11.3 Å². The van der Waals surface area contributed by atoms with E-state index in [4.69, 9.17) is 4.42 Å². The van der Waals surface area contributed by atoms with Crippen molar-refractivity contribution in [2.45, 2.75) is 32.2 Å². The fraction of sp³-hybridized carbons (Fsp3) is 0.348. The summed E-state index contributed by atoms with van der Waals surface area (Å²) in [5.74, 6) is -0.741. The number of phenols is 2. The summed E-state index contributed by atoms with van der Waals surface area (Å²) >= 11 is 0. The molecule has 31 heavy (non-hydrogen) atoms. The molecule has 160 valence electrons. The Morgan fingerprint density at radius 3 is 2.74 bits per heavy atom. The van der Waals surface area contributed by atoms with Crippen molar-refractivity contribution in [1.82, 2.24) is 9.47 Å². The van der Waals surface area contributed by atoms with Gasteiger partial charge in [0.2, 0.25) is 11.7 Å². The van der Waals surface area contributed by atoms with Gasteiger partial charge in [0.25, 0.3) is 5.56 Å². The molecular formula is C23H22N2O6. The zero-order valence-corrected chi connectivity index (χ0v) is 17.0. The van der Waals surface area contributed by atoms with E-state index in [9.17, 15) is 24.6 Å². The van der Waals surface area contributed by atoms with Gasteiger partial charge in [-0.15, -0.1) is 0 Å². The molecule has 0 saturated carbocycles. The summed E-state index contributed by atoms with van der Waals surface area (Å²) in [6.45, 7) is 3.34. The smallest absolute Gasteiger partial charge is 0.340 e. The molecule has 2 aromatic heterocycles. The lowest BCUT2D eigenvalue weighted by atomic mass is 9.83. The number of benzene rings is 1. The lowest BCUT2D eigenvalue weighted by Gasteiger charge is -2.42. The Bertz CT molecular complexity index is 1340. The number of aryl methyl sites for hydroxylation is 1. The molecule has 0 aliphatic carbocycles. The van der Waals surface area contributed by atoms with Crippen molar-refractivity contribution < 1.29 is 19.4 Å². The van der Waals surface area contributed by atoms with Crippen molar-refractivity contribution >= 4 is 16.9 Å². The summed E-state index contributed by atoms with van der Waals surface area (Å²) in [5.41, 5.74) is 0.948. The highest BCUT2D eigenvalue weighted by atomic mass is 16.4. The molecule has 1 amide bonds. The molecule has 2 aliphatic heterocycles. The third-order valence-corrected chi connectivity index (χ3v) is 6.57. The summed E-state index contributed by atoms with van der Waals surface area (Å²) in [4.78, 5) is 39.6. The van der Waals surface area contributed by atoms with Crippen LogP contribution in [0.2, 0.25) is 0 Å². The Kier molecular flexibility index (Phi) is 4.39. The molecule has 2 atom stereocenters. The predicted molar refractivity (Wildman–Crippen MR) is 112 cm³/mol. The Labute approximate surface area is 177 Å². The number of hydrogen-bond donors (Lipinski definition) is 2. The molecule has 2 N–H and O–H groups in total. The summed E-state index contributed by atoms with van der Waals surface area (Å²) in [6, 6.07) is 8.14. The van der Waals surface area contributed by atoms with Gasteiger partial charge in [-0.05, 0) is 43.0 Å². The minimum Gasteiger partial charge on any atom is -0.504 e. The molecule has 4 heterocycles. The molecule has 3 aromatic rings.